The van der Waals surface area contributed by atoms with Crippen LogP contribution in [0.25, 0.3) is 0 Å². The molecule has 0 aliphatic rings. The van der Waals surface area contributed by atoms with E-state index in [4.69, 9.17) is 9.47 Å². The lowest BCUT2D eigenvalue weighted by Gasteiger charge is -2.05. The third kappa shape index (κ3) is 11.1. The van der Waals surface area contributed by atoms with E-state index in [1.54, 1.807) is 0 Å². The molecule has 0 N–H and O–H groups in total. The van der Waals surface area contributed by atoms with E-state index in [1.165, 1.54) is 0 Å². The zero-order chi connectivity index (χ0) is 29.0. The van der Waals surface area contributed by atoms with E-state index >= 15 is 0 Å². The Morgan fingerprint density at radius 1 is 0.523 bits per heavy atom. The largest absolute Gasteiger partial charge is 1.00 e. The molecule has 2 aromatic heterocycles. The van der Waals surface area contributed by atoms with Gasteiger partial charge in [0, 0.05) is 35.1 Å². The number of hydrogen-bond acceptors (Lipinski definition) is 2. The van der Waals surface area contributed by atoms with Crippen LogP contribution >= 0.6 is 0 Å². The highest BCUT2D eigenvalue weighted by atomic mass is 79.9. The van der Waals surface area contributed by atoms with Gasteiger partial charge in [0.1, 0.15) is 36.3 Å². The van der Waals surface area contributed by atoms with Crippen molar-refractivity contribution >= 4 is 0 Å². The smallest absolute Gasteiger partial charge is 0.243 e. The first-order valence-electron chi connectivity index (χ1n) is 14.2. The average Bonchev–Trinajstić information content (AvgIpc) is 3.64. The quantitative estimate of drug-likeness (QED) is 0.102. The molecule has 0 saturated carbocycles. The van der Waals surface area contributed by atoms with Gasteiger partial charge in [0.05, 0.1) is 40.4 Å². The first kappa shape index (κ1) is 34.3. The topological polar surface area (TPSA) is 36.1 Å². The fourth-order valence-corrected chi connectivity index (χ4v) is 4.34. The lowest BCUT2D eigenvalue weighted by Crippen LogP contribution is -3.00. The highest BCUT2D eigenvalue weighted by Crippen LogP contribution is 2.14. The molecule has 44 heavy (non-hydrogen) atoms. The molecule has 226 valence electrons. The molecule has 0 atom stereocenters. The average molecular weight is 717 g/mol. The third-order valence-electron chi connectivity index (χ3n) is 6.60. The predicted octanol–water partition coefficient (Wildman–Crippen LogP) is -1.32. The van der Waals surface area contributed by atoms with E-state index in [9.17, 15) is 0 Å². The van der Waals surface area contributed by atoms with Crippen molar-refractivity contribution in [3.8, 4) is 35.2 Å². The molecule has 0 amide bonds. The highest BCUT2D eigenvalue weighted by molar-refractivity contribution is 5.48. The molecule has 8 heteroatoms. The number of benzene rings is 3. The number of nitrogens with zero attached hydrogens (tertiary/aromatic N) is 4. The van der Waals surface area contributed by atoms with Crippen molar-refractivity contribution < 1.29 is 52.6 Å². The van der Waals surface area contributed by atoms with Crippen molar-refractivity contribution in [3.63, 3.8) is 0 Å². The molecule has 0 bridgehead atoms. The monoisotopic (exact) mass is 714 g/mol. The Bertz CT molecular complexity index is 1570. The van der Waals surface area contributed by atoms with Gasteiger partial charge in [-0.2, -0.15) is 0 Å². The molecule has 0 spiro atoms. The van der Waals surface area contributed by atoms with Crippen LogP contribution in [0.4, 0.5) is 0 Å². The minimum Gasteiger partial charge on any atom is -1.00 e. The van der Waals surface area contributed by atoms with E-state index in [1.807, 2.05) is 108 Å². The standard InChI is InChI=1S/C36H36N4O2.2BrH/c1-37-23-25-39(29-37)21-3-27-41-35-17-13-33(14-18-35)11-9-31-5-7-32(8-6-31)10-12-34-15-19-36(20-16-34)42-28-4-22-40-26-24-38(2)30-40;;/h5-8,13-20,23-26,29-30H,3-4,21-22,27-28H2,1-2H3;2*1H/q+2;;/p-2. The van der Waals surface area contributed by atoms with Crippen molar-refractivity contribution in [2.24, 2.45) is 14.1 Å². The Morgan fingerprint density at radius 2 is 0.841 bits per heavy atom. The molecule has 0 aliphatic carbocycles. The minimum atomic E-state index is 0. The summed E-state index contributed by atoms with van der Waals surface area (Å²) in [7, 11) is 4.04. The number of aryl methyl sites for hydroxylation is 4. The summed E-state index contributed by atoms with van der Waals surface area (Å²) in [6.07, 6.45) is 14.3. The zero-order valence-electron chi connectivity index (χ0n) is 25.0. The Morgan fingerprint density at radius 3 is 1.14 bits per heavy atom. The normalized spacial score (nSPS) is 9.86. The Balaban J connectivity index is 0.00000264. The number of ether oxygens (including phenoxy) is 2. The lowest BCUT2D eigenvalue weighted by molar-refractivity contribution is -0.671. The number of halogens is 2. The molecule has 5 rings (SSSR count). The van der Waals surface area contributed by atoms with Gasteiger partial charge in [-0.25, -0.2) is 18.3 Å². The van der Waals surface area contributed by atoms with Gasteiger partial charge in [0.15, 0.2) is 0 Å². The van der Waals surface area contributed by atoms with Crippen molar-refractivity contribution in [2.75, 3.05) is 13.2 Å². The minimum absolute atomic E-state index is 0. The van der Waals surface area contributed by atoms with E-state index < -0.39 is 0 Å². The van der Waals surface area contributed by atoms with Crippen molar-refractivity contribution in [2.45, 2.75) is 25.9 Å². The predicted molar refractivity (Wildman–Crippen MR) is 163 cm³/mol. The summed E-state index contributed by atoms with van der Waals surface area (Å²) in [6.45, 7) is 3.23. The van der Waals surface area contributed by atoms with Gasteiger partial charge in [-0.15, -0.1) is 0 Å². The van der Waals surface area contributed by atoms with Crippen molar-refractivity contribution in [3.05, 3.63) is 132 Å². The summed E-state index contributed by atoms with van der Waals surface area (Å²) in [5.74, 6) is 14.6. The second-order valence-electron chi connectivity index (χ2n) is 10.2. The van der Waals surface area contributed by atoms with Crippen LogP contribution in [-0.4, -0.2) is 22.3 Å². The molecule has 5 aromatic rings. The Labute approximate surface area is 281 Å². The van der Waals surface area contributed by atoms with E-state index in [-0.39, 0.29) is 34.0 Å². The van der Waals surface area contributed by atoms with Gasteiger partial charge in [-0.05, 0) is 72.8 Å². The molecular formula is C36H36Br2N4O2. The van der Waals surface area contributed by atoms with E-state index in [0.29, 0.717) is 13.2 Å². The van der Waals surface area contributed by atoms with Gasteiger partial charge in [-0.1, -0.05) is 23.7 Å². The van der Waals surface area contributed by atoms with Crippen LogP contribution in [-0.2, 0) is 27.2 Å². The maximum Gasteiger partial charge on any atom is 0.243 e. The van der Waals surface area contributed by atoms with Crippen LogP contribution in [0.15, 0.2) is 110 Å². The number of aromatic nitrogens is 4. The highest BCUT2D eigenvalue weighted by Gasteiger charge is 2.02. The first-order valence-corrected chi connectivity index (χ1v) is 14.2. The van der Waals surface area contributed by atoms with Crippen LogP contribution in [0.5, 0.6) is 11.5 Å². The van der Waals surface area contributed by atoms with Crippen LogP contribution in [0.3, 0.4) is 0 Å². The van der Waals surface area contributed by atoms with Gasteiger partial charge in [0.25, 0.3) is 0 Å². The van der Waals surface area contributed by atoms with E-state index in [2.05, 4.69) is 57.9 Å². The maximum absolute atomic E-state index is 5.87. The zero-order valence-corrected chi connectivity index (χ0v) is 28.2. The number of imidazole rings is 2. The van der Waals surface area contributed by atoms with Crippen LogP contribution < -0.4 is 52.6 Å². The van der Waals surface area contributed by atoms with Gasteiger partial charge < -0.3 is 43.4 Å². The summed E-state index contributed by atoms with van der Waals surface area (Å²) < 4.78 is 20.1. The Kier molecular flexibility index (Phi) is 13.8. The van der Waals surface area contributed by atoms with Crippen molar-refractivity contribution in [1.29, 1.82) is 0 Å². The summed E-state index contributed by atoms with van der Waals surface area (Å²) in [5.41, 5.74) is 3.81. The van der Waals surface area contributed by atoms with Crippen molar-refractivity contribution in [1.82, 2.24) is 9.13 Å². The number of hydrogen-bond donors (Lipinski definition) is 0. The SMILES string of the molecule is C[n+]1ccn(CCCOc2ccc(C#Cc3ccc(C#Cc4ccc(OCCCn5cc[n+](C)c5)cc4)cc3)cc2)c1.[Br-].[Br-]. The van der Waals surface area contributed by atoms with Gasteiger partial charge >= 0.3 is 0 Å². The molecule has 2 heterocycles. The van der Waals surface area contributed by atoms with Gasteiger partial charge in [-0.3, -0.25) is 0 Å². The second-order valence-corrected chi connectivity index (χ2v) is 10.2. The molecular weight excluding hydrogens is 680 g/mol. The molecule has 0 fully saturated rings. The fraction of sp³-hybridized carbons (Fsp3) is 0.222. The maximum atomic E-state index is 5.87. The van der Waals surface area contributed by atoms with Crippen LogP contribution in [0, 0.1) is 23.7 Å². The van der Waals surface area contributed by atoms with Crippen LogP contribution in [0.1, 0.15) is 35.1 Å². The molecule has 6 nitrogen and oxygen atoms in total. The molecule has 0 saturated heterocycles. The number of rotatable bonds is 10. The fourth-order valence-electron chi connectivity index (χ4n) is 4.34. The van der Waals surface area contributed by atoms with E-state index in [0.717, 1.165) is 59.7 Å². The van der Waals surface area contributed by atoms with Crippen LogP contribution in [0.2, 0.25) is 0 Å². The summed E-state index contributed by atoms with van der Waals surface area (Å²) in [4.78, 5) is 0. The Hall–Kier alpha value is -4.24. The third-order valence-corrected chi connectivity index (χ3v) is 6.60. The molecule has 3 aromatic carbocycles. The summed E-state index contributed by atoms with van der Waals surface area (Å²) >= 11 is 0. The molecule has 0 radical (unpaired) electrons. The van der Waals surface area contributed by atoms with Gasteiger partial charge in [0.2, 0.25) is 12.7 Å². The second kappa shape index (κ2) is 17.8. The molecule has 0 unspecified atom stereocenters. The first-order chi connectivity index (χ1) is 20.6. The summed E-state index contributed by atoms with van der Waals surface area (Å²) in [5, 5.41) is 0. The summed E-state index contributed by atoms with van der Waals surface area (Å²) in [6, 6.07) is 23.9. The lowest BCUT2D eigenvalue weighted by atomic mass is 10.1. The molecule has 0 aliphatic heterocycles.